The van der Waals surface area contributed by atoms with E-state index in [4.69, 9.17) is 4.52 Å². The lowest BCUT2D eigenvalue weighted by molar-refractivity contribution is 0.181. The van der Waals surface area contributed by atoms with Crippen LogP contribution < -0.4 is 5.32 Å². The number of amides is 2. The lowest BCUT2D eigenvalue weighted by Gasteiger charge is -2.35. The number of rotatable bonds is 2. The first-order valence-electron chi connectivity index (χ1n) is 6.76. The van der Waals surface area contributed by atoms with E-state index in [1.54, 1.807) is 24.3 Å². The molecular weight excluding hydrogens is 274 g/mol. The summed E-state index contributed by atoms with van der Waals surface area (Å²) in [5, 5.41) is 8.72. The van der Waals surface area contributed by atoms with Crippen molar-refractivity contribution in [2.45, 2.75) is 32.7 Å². The normalized spacial score (nSPS) is 17.9. The SMILES string of the molecule is CC[C@H]1c2ccsc2CCN1C(=O)Nc1cc(C)on1. The summed E-state index contributed by atoms with van der Waals surface area (Å²) in [5.41, 5.74) is 1.29. The first kappa shape index (κ1) is 13.2. The molecule has 1 atom stereocenters. The Kier molecular flexibility index (Phi) is 3.48. The molecule has 1 aliphatic rings. The van der Waals surface area contributed by atoms with Crippen molar-refractivity contribution in [2.24, 2.45) is 0 Å². The third-order valence-corrected chi connectivity index (χ3v) is 4.60. The average Bonchev–Trinajstić information content (AvgIpc) is 3.06. The van der Waals surface area contributed by atoms with Crippen molar-refractivity contribution in [3.8, 4) is 0 Å². The summed E-state index contributed by atoms with van der Waals surface area (Å²) in [5.74, 6) is 1.16. The Morgan fingerprint density at radius 3 is 3.20 bits per heavy atom. The molecule has 0 saturated carbocycles. The smallest absolute Gasteiger partial charge is 0.323 e. The minimum Gasteiger partial charge on any atom is -0.360 e. The van der Waals surface area contributed by atoms with Gasteiger partial charge in [-0.3, -0.25) is 5.32 Å². The van der Waals surface area contributed by atoms with Crippen LogP contribution in [0.3, 0.4) is 0 Å². The van der Waals surface area contributed by atoms with Crippen LogP contribution in [0, 0.1) is 6.92 Å². The molecule has 0 bridgehead atoms. The number of carbonyl (C=O) groups excluding carboxylic acids is 1. The molecule has 1 N–H and O–H groups in total. The van der Waals surface area contributed by atoms with Gasteiger partial charge >= 0.3 is 6.03 Å². The highest BCUT2D eigenvalue weighted by atomic mass is 32.1. The highest BCUT2D eigenvalue weighted by molar-refractivity contribution is 7.10. The molecule has 6 heteroatoms. The molecule has 3 rings (SSSR count). The number of fused-ring (bicyclic) bond motifs is 1. The van der Waals surface area contributed by atoms with Crippen molar-refractivity contribution in [1.82, 2.24) is 10.1 Å². The molecule has 0 fully saturated rings. The van der Waals surface area contributed by atoms with Gasteiger partial charge in [0.15, 0.2) is 5.82 Å². The number of hydrogen-bond acceptors (Lipinski definition) is 4. The Bertz CT molecular complexity index is 619. The van der Waals surface area contributed by atoms with E-state index in [1.807, 2.05) is 4.90 Å². The molecule has 106 valence electrons. The molecule has 0 aromatic carbocycles. The molecule has 2 amide bonds. The first-order valence-corrected chi connectivity index (χ1v) is 7.64. The summed E-state index contributed by atoms with van der Waals surface area (Å²) in [6, 6.07) is 3.90. The number of hydrogen-bond donors (Lipinski definition) is 1. The van der Waals surface area contributed by atoms with Gasteiger partial charge in [-0.05, 0) is 36.8 Å². The molecule has 2 aromatic heterocycles. The molecular formula is C14H17N3O2S. The topological polar surface area (TPSA) is 58.4 Å². The van der Waals surface area contributed by atoms with Gasteiger partial charge in [-0.25, -0.2) is 4.79 Å². The number of carbonyl (C=O) groups is 1. The summed E-state index contributed by atoms with van der Waals surface area (Å²) in [6.45, 7) is 4.66. The number of nitrogens with zero attached hydrogens (tertiary/aromatic N) is 2. The summed E-state index contributed by atoms with van der Waals surface area (Å²) >= 11 is 1.78. The zero-order valence-electron chi connectivity index (χ0n) is 11.5. The number of thiophene rings is 1. The monoisotopic (exact) mass is 291 g/mol. The highest BCUT2D eigenvalue weighted by Crippen LogP contribution is 2.35. The molecule has 1 aliphatic heterocycles. The van der Waals surface area contributed by atoms with Crippen LogP contribution >= 0.6 is 11.3 Å². The predicted molar refractivity (Wildman–Crippen MR) is 78.0 cm³/mol. The lowest BCUT2D eigenvalue weighted by atomic mass is 9.98. The molecule has 0 unspecified atom stereocenters. The summed E-state index contributed by atoms with van der Waals surface area (Å²) in [6.07, 6.45) is 1.84. The lowest BCUT2D eigenvalue weighted by Crippen LogP contribution is -2.41. The Morgan fingerprint density at radius 2 is 2.50 bits per heavy atom. The zero-order valence-corrected chi connectivity index (χ0v) is 12.4. The van der Waals surface area contributed by atoms with Gasteiger partial charge in [0.25, 0.3) is 0 Å². The summed E-state index contributed by atoms with van der Waals surface area (Å²) in [7, 11) is 0. The standard InChI is InChI=1S/C14H17N3O2S/c1-3-11-10-5-7-20-12(10)4-6-17(11)14(18)15-13-8-9(2)19-16-13/h5,7-8,11H,3-4,6H2,1-2H3,(H,15,16,18)/t11-/m0/s1. The number of urea groups is 1. The fourth-order valence-electron chi connectivity index (χ4n) is 2.69. The largest absolute Gasteiger partial charge is 0.360 e. The van der Waals surface area contributed by atoms with Gasteiger partial charge in [-0.2, -0.15) is 0 Å². The maximum Gasteiger partial charge on any atom is 0.323 e. The third kappa shape index (κ3) is 2.31. The molecule has 20 heavy (non-hydrogen) atoms. The van der Waals surface area contributed by atoms with Crippen LogP contribution in [-0.4, -0.2) is 22.6 Å². The van der Waals surface area contributed by atoms with E-state index in [9.17, 15) is 4.79 Å². The van der Waals surface area contributed by atoms with Gasteiger partial charge in [0.1, 0.15) is 5.76 Å². The van der Waals surface area contributed by atoms with E-state index >= 15 is 0 Å². The predicted octanol–water partition coefficient (Wildman–Crippen LogP) is 3.59. The molecule has 0 spiro atoms. The summed E-state index contributed by atoms with van der Waals surface area (Å²) in [4.78, 5) is 15.7. The fraction of sp³-hybridized carbons (Fsp3) is 0.429. The Balaban J connectivity index is 1.78. The molecule has 5 nitrogen and oxygen atoms in total. The van der Waals surface area contributed by atoms with Crippen molar-refractivity contribution in [3.05, 3.63) is 33.7 Å². The van der Waals surface area contributed by atoms with Crippen molar-refractivity contribution >= 4 is 23.2 Å². The highest BCUT2D eigenvalue weighted by Gasteiger charge is 2.30. The van der Waals surface area contributed by atoms with E-state index in [-0.39, 0.29) is 12.1 Å². The van der Waals surface area contributed by atoms with E-state index in [1.165, 1.54) is 10.4 Å². The fourth-order valence-corrected chi connectivity index (χ4v) is 3.61. The van der Waals surface area contributed by atoms with Gasteiger partial charge in [0.05, 0.1) is 6.04 Å². The maximum atomic E-state index is 12.4. The van der Waals surface area contributed by atoms with Crippen LogP contribution in [0.2, 0.25) is 0 Å². The number of anilines is 1. The van der Waals surface area contributed by atoms with Crippen molar-refractivity contribution in [3.63, 3.8) is 0 Å². The summed E-state index contributed by atoms with van der Waals surface area (Å²) < 4.78 is 4.97. The van der Waals surface area contributed by atoms with Gasteiger partial charge in [0.2, 0.25) is 0 Å². The van der Waals surface area contributed by atoms with Gasteiger partial charge in [-0.1, -0.05) is 12.1 Å². The molecule has 2 aromatic rings. The van der Waals surface area contributed by atoms with E-state index in [0.717, 1.165) is 19.4 Å². The van der Waals surface area contributed by atoms with Crippen LogP contribution in [0.25, 0.3) is 0 Å². The van der Waals surface area contributed by atoms with Gasteiger partial charge in [0, 0.05) is 17.5 Å². The first-order chi connectivity index (χ1) is 9.69. The van der Waals surface area contributed by atoms with E-state index in [0.29, 0.717) is 11.6 Å². The van der Waals surface area contributed by atoms with Gasteiger partial charge in [-0.15, -0.1) is 11.3 Å². The average molecular weight is 291 g/mol. The minimum absolute atomic E-state index is 0.109. The van der Waals surface area contributed by atoms with E-state index < -0.39 is 0 Å². The second-order valence-electron chi connectivity index (χ2n) is 4.92. The van der Waals surface area contributed by atoms with Gasteiger partial charge < -0.3 is 9.42 Å². The molecule has 3 heterocycles. The van der Waals surface area contributed by atoms with Crippen LogP contribution in [0.4, 0.5) is 10.6 Å². The van der Waals surface area contributed by atoms with Crippen LogP contribution in [0.1, 0.15) is 35.6 Å². The molecule has 0 saturated heterocycles. The van der Waals surface area contributed by atoms with Crippen LogP contribution in [0.5, 0.6) is 0 Å². The molecule has 0 aliphatic carbocycles. The Labute approximate surface area is 121 Å². The third-order valence-electron chi connectivity index (χ3n) is 3.61. The van der Waals surface area contributed by atoms with Crippen LogP contribution in [-0.2, 0) is 6.42 Å². The van der Waals surface area contributed by atoms with Crippen molar-refractivity contribution in [1.29, 1.82) is 0 Å². The van der Waals surface area contributed by atoms with Crippen molar-refractivity contribution in [2.75, 3.05) is 11.9 Å². The quantitative estimate of drug-likeness (QED) is 0.920. The second kappa shape index (κ2) is 5.28. The van der Waals surface area contributed by atoms with E-state index in [2.05, 4.69) is 28.8 Å². The maximum absolute atomic E-state index is 12.4. The second-order valence-corrected chi connectivity index (χ2v) is 5.92. The minimum atomic E-state index is -0.109. The number of nitrogens with one attached hydrogen (secondary N) is 1. The Morgan fingerprint density at radius 1 is 1.65 bits per heavy atom. The van der Waals surface area contributed by atoms with Crippen molar-refractivity contribution < 1.29 is 9.32 Å². The number of aryl methyl sites for hydroxylation is 1. The van der Waals surface area contributed by atoms with Crippen LogP contribution in [0.15, 0.2) is 22.0 Å². The number of aromatic nitrogens is 1. The molecule has 0 radical (unpaired) electrons. The zero-order chi connectivity index (χ0) is 14.1. The Hall–Kier alpha value is -1.82.